The van der Waals surface area contributed by atoms with Crippen LogP contribution in [0.1, 0.15) is 12.5 Å². The molecule has 0 spiro atoms. The maximum atomic E-state index is 12.0. The van der Waals surface area contributed by atoms with Gasteiger partial charge >= 0.3 is 5.97 Å². The van der Waals surface area contributed by atoms with E-state index in [0.717, 1.165) is 23.5 Å². The van der Waals surface area contributed by atoms with Gasteiger partial charge in [0.2, 0.25) is 0 Å². The van der Waals surface area contributed by atoms with E-state index in [2.05, 4.69) is 10.2 Å². The molecule has 2 aromatic carbocycles. The molecule has 0 fully saturated rings. The van der Waals surface area contributed by atoms with Crippen molar-refractivity contribution in [2.75, 3.05) is 5.75 Å². The second kappa shape index (κ2) is 8.87. The fourth-order valence-corrected chi connectivity index (χ4v) is 3.32. The van der Waals surface area contributed by atoms with Crippen molar-refractivity contribution in [2.45, 2.75) is 25.2 Å². The van der Waals surface area contributed by atoms with E-state index in [-0.39, 0.29) is 18.3 Å². The second-order valence-electron chi connectivity index (χ2n) is 5.49. The van der Waals surface area contributed by atoms with Gasteiger partial charge in [0.25, 0.3) is 0 Å². The third kappa shape index (κ3) is 4.65. The van der Waals surface area contributed by atoms with Crippen molar-refractivity contribution in [3.63, 3.8) is 0 Å². The molecule has 0 aliphatic carbocycles. The molecule has 3 aromatic rings. The number of benzene rings is 2. The van der Waals surface area contributed by atoms with Crippen molar-refractivity contribution in [1.82, 2.24) is 14.8 Å². The lowest BCUT2D eigenvalue weighted by molar-refractivity contribution is -0.141. The molecule has 0 aliphatic rings. The molecule has 0 amide bonds. The van der Waals surface area contributed by atoms with Gasteiger partial charge in [-0.25, -0.2) is 0 Å². The predicted molar refractivity (Wildman–Crippen MR) is 103 cm³/mol. The summed E-state index contributed by atoms with van der Waals surface area (Å²) in [4.78, 5) is 12.0. The Morgan fingerprint density at radius 3 is 2.54 bits per heavy atom. The number of aromatic nitrogens is 3. The minimum Gasteiger partial charge on any atom is -0.460 e. The molecule has 134 valence electrons. The van der Waals surface area contributed by atoms with Crippen molar-refractivity contribution in [2.24, 2.45) is 0 Å². The summed E-state index contributed by atoms with van der Waals surface area (Å²) >= 11 is 7.17. The molecular weight excluding hydrogens is 370 g/mol. The summed E-state index contributed by atoms with van der Waals surface area (Å²) in [6.45, 7) is 2.98. The highest BCUT2D eigenvalue weighted by Crippen LogP contribution is 2.24. The topological polar surface area (TPSA) is 57.0 Å². The summed E-state index contributed by atoms with van der Waals surface area (Å²) in [6.07, 6.45) is 0. The van der Waals surface area contributed by atoms with Gasteiger partial charge in [-0.15, -0.1) is 10.2 Å². The van der Waals surface area contributed by atoms with Crippen LogP contribution in [0.3, 0.4) is 0 Å². The van der Waals surface area contributed by atoms with Crippen molar-refractivity contribution in [3.8, 4) is 11.4 Å². The quantitative estimate of drug-likeness (QED) is 0.442. The molecule has 0 saturated carbocycles. The molecule has 0 bridgehead atoms. The van der Waals surface area contributed by atoms with Crippen LogP contribution in [0.2, 0.25) is 5.02 Å². The maximum absolute atomic E-state index is 12.0. The Morgan fingerprint density at radius 2 is 1.85 bits per heavy atom. The first-order valence-electron chi connectivity index (χ1n) is 8.19. The number of hydrogen-bond acceptors (Lipinski definition) is 5. The molecule has 1 heterocycles. The average molecular weight is 388 g/mol. The number of carbonyl (C=O) groups is 1. The first kappa shape index (κ1) is 18.5. The minimum absolute atomic E-state index is 0.181. The highest BCUT2D eigenvalue weighted by Gasteiger charge is 2.14. The van der Waals surface area contributed by atoms with E-state index in [1.807, 2.05) is 54.0 Å². The lowest BCUT2D eigenvalue weighted by Crippen LogP contribution is -2.08. The van der Waals surface area contributed by atoms with Crippen LogP contribution in [0.15, 0.2) is 59.8 Å². The Morgan fingerprint density at radius 1 is 1.12 bits per heavy atom. The molecule has 0 aliphatic heterocycles. The summed E-state index contributed by atoms with van der Waals surface area (Å²) in [7, 11) is 0. The number of hydrogen-bond donors (Lipinski definition) is 0. The van der Waals surface area contributed by atoms with Gasteiger partial charge in [-0.3, -0.25) is 4.79 Å². The summed E-state index contributed by atoms with van der Waals surface area (Å²) in [6, 6.07) is 17.1. The zero-order chi connectivity index (χ0) is 18.4. The molecule has 26 heavy (non-hydrogen) atoms. The first-order chi connectivity index (χ1) is 12.7. The summed E-state index contributed by atoms with van der Waals surface area (Å²) < 4.78 is 7.29. The van der Waals surface area contributed by atoms with E-state index in [9.17, 15) is 4.79 Å². The predicted octanol–water partition coefficient (Wildman–Crippen LogP) is 4.45. The Labute approximate surface area is 161 Å². The number of thioether (sulfide) groups is 1. The van der Waals surface area contributed by atoms with Gasteiger partial charge in [-0.1, -0.05) is 65.8 Å². The number of esters is 1. The lowest BCUT2D eigenvalue weighted by atomic mass is 10.2. The van der Waals surface area contributed by atoms with E-state index < -0.39 is 0 Å². The van der Waals surface area contributed by atoms with Crippen LogP contribution < -0.4 is 0 Å². The highest BCUT2D eigenvalue weighted by molar-refractivity contribution is 7.99. The van der Waals surface area contributed by atoms with E-state index >= 15 is 0 Å². The molecule has 0 radical (unpaired) electrons. The van der Waals surface area contributed by atoms with Crippen LogP contribution >= 0.6 is 23.4 Å². The molecular formula is C19H18ClN3O2S. The third-order valence-electron chi connectivity index (χ3n) is 3.70. The Hall–Kier alpha value is -2.31. The molecule has 7 heteroatoms. The Kier molecular flexibility index (Phi) is 6.30. The summed E-state index contributed by atoms with van der Waals surface area (Å²) in [5, 5.41) is 9.84. The number of ether oxygens (including phenoxy) is 1. The highest BCUT2D eigenvalue weighted by atomic mass is 35.5. The molecule has 0 saturated heterocycles. The number of rotatable bonds is 7. The number of nitrogens with zero attached hydrogens (tertiary/aromatic N) is 3. The van der Waals surface area contributed by atoms with Gasteiger partial charge in [0.1, 0.15) is 6.61 Å². The van der Waals surface area contributed by atoms with Crippen molar-refractivity contribution in [1.29, 1.82) is 0 Å². The molecule has 0 unspecified atom stereocenters. The van der Waals surface area contributed by atoms with Gasteiger partial charge in [0.05, 0.1) is 5.75 Å². The normalized spacial score (nSPS) is 10.7. The first-order valence-corrected chi connectivity index (χ1v) is 9.55. The van der Waals surface area contributed by atoms with Crippen LogP contribution in [0, 0.1) is 0 Å². The van der Waals surface area contributed by atoms with Crippen molar-refractivity contribution < 1.29 is 9.53 Å². The van der Waals surface area contributed by atoms with Gasteiger partial charge in [0, 0.05) is 17.1 Å². The van der Waals surface area contributed by atoms with Gasteiger partial charge in [-0.05, 0) is 24.6 Å². The zero-order valence-electron chi connectivity index (χ0n) is 14.3. The van der Waals surface area contributed by atoms with Crippen LogP contribution in [-0.4, -0.2) is 26.5 Å². The van der Waals surface area contributed by atoms with Crippen molar-refractivity contribution >= 4 is 29.3 Å². The lowest BCUT2D eigenvalue weighted by Gasteiger charge is -2.07. The smallest absolute Gasteiger partial charge is 0.316 e. The standard InChI is InChI=1S/C19H18ClN3O2S/c1-2-23-18(15-6-4-3-5-7-15)21-22-19(23)26-13-17(24)25-12-14-8-10-16(20)11-9-14/h3-11H,2,12-13H2,1H3. The van der Waals surface area contributed by atoms with Gasteiger partial charge < -0.3 is 9.30 Å². The van der Waals surface area contributed by atoms with E-state index in [1.54, 1.807) is 12.1 Å². The Bertz CT molecular complexity index is 866. The third-order valence-corrected chi connectivity index (χ3v) is 4.89. The fraction of sp³-hybridized carbons (Fsp3) is 0.211. The number of halogens is 1. The largest absolute Gasteiger partial charge is 0.460 e. The minimum atomic E-state index is -0.295. The monoisotopic (exact) mass is 387 g/mol. The van der Waals surface area contributed by atoms with Crippen LogP contribution in [0.25, 0.3) is 11.4 Å². The second-order valence-corrected chi connectivity index (χ2v) is 6.87. The summed E-state index contributed by atoms with van der Waals surface area (Å²) in [5.41, 5.74) is 1.90. The van der Waals surface area contributed by atoms with Gasteiger partial charge in [0.15, 0.2) is 11.0 Å². The molecule has 0 N–H and O–H groups in total. The maximum Gasteiger partial charge on any atom is 0.316 e. The van der Waals surface area contributed by atoms with E-state index in [0.29, 0.717) is 10.2 Å². The molecule has 0 atom stereocenters. The van der Waals surface area contributed by atoms with E-state index in [1.165, 1.54) is 11.8 Å². The molecule has 3 rings (SSSR count). The van der Waals surface area contributed by atoms with Crippen molar-refractivity contribution in [3.05, 3.63) is 65.2 Å². The summed E-state index contributed by atoms with van der Waals surface area (Å²) in [5.74, 6) is 0.683. The van der Waals surface area contributed by atoms with E-state index in [4.69, 9.17) is 16.3 Å². The van der Waals surface area contributed by atoms with Crippen LogP contribution in [-0.2, 0) is 22.7 Å². The van der Waals surface area contributed by atoms with Crippen LogP contribution in [0.5, 0.6) is 0 Å². The number of carbonyl (C=O) groups excluding carboxylic acids is 1. The molecule has 5 nitrogen and oxygen atoms in total. The van der Waals surface area contributed by atoms with Gasteiger partial charge in [-0.2, -0.15) is 0 Å². The zero-order valence-corrected chi connectivity index (χ0v) is 15.8. The Balaban J connectivity index is 1.58. The average Bonchev–Trinajstić information content (AvgIpc) is 3.09. The molecule has 1 aromatic heterocycles. The fourth-order valence-electron chi connectivity index (χ4n) is 2.39. The SMILES string of the molecule is CCn1c(SCC(=O)OCc2ccc(Cl)cc2)nnc1-c1ccccc1. The van der Waals surface area contributed by atoms with Crippen LogP contribution in [0.4, 0.5) is 0 Å².